The van der Waals surface area contributed by atoms with Gasteiger partial charge >= 0.3 is 0 Å². The third kappa shape index (κ3) is 3.83. The third-order valence-corrected chi connectivity index (χ3v) is 2.61. The highest BCUT2D eigenvalue weighted by molar-refractivity contribution is 5.37. The van der Waals surface area contributed by atoms with E-state index in [0.29, 0.717) is 13.2 Å². The molecular formula is C11H19N3O2. The zero-order valence-corrected chi connectivity index (χ0v) is 9.59. The molecule has 1 aromatic rings. The van der Waals surface area contributed by atoms with Gasteiger partial charge in [0.25, 0.3) is 0 Å². The van der Waals surface area contributed by atoms with Crippen molar-refractivity contribution in [3.8, 4) is 0 Å². The standard InChI is InChI=1S/C11H19N3O2/c1-14-6-10(4-13-14)12-5-11(15)8-16-7-9-2-3-9/h4,6,9,11-12,15H,2-3,5,7-8H2,1H3. The summed E-state index contributed by atoms with van der Waals surface area (Å²) in [5, 5.41) is 16.8. The lowest BCUT2D eigenvalue weighted by Crippen LogP contribution is -2.25. The summed E-state index contributed by atoms with van der Waals surface area (Å²) in [7, 11) is 1.86. The van der Waals surface area contributed by atoms with Gasteiger partial charge in [-0.05, 0) is 18.8 Å². The third-order valence-electron chi connectivity index (χ3n) is 2.61. The van der Waals surface area contributed by atoms with E-state index in [1.54, 1.807) is 10.9 Å². The Morgan fingerprint density at radius 1 is 1.69 bits per heavy atom. The largest absolute Gasteiger partial charge is 0.389 e. The molecule has 90 valence electrons. The topological polar surface area (TPSA) is 59.3 Å². The van der Waals surface area contributed by atoms with Gasteiger partial charge < -0.3 is 15.2 Å². The summed E-state index contributed by atoms with van der Waals surface area (Å²) in [6.07, 6.45) is 5.71. The molecule has 1 saturated carbocycles. The first-order chi connectivity index (χ1) is 7.74. The van der Waals surface area contributed by atoms with Crippen LogP contribution in [-0.4, -0.2) is 40.7 Å². The van der Waals surface area contributed by atoms with Gasteiger partial charge in [-0.15, -0.1) is 0 Å². The summed E-state index contributed by atoms with van der Waals surface area (Å²) in [5.41, 5.74) is 0.920. The predicted octanol–water partition coefficient (Wildman–Crippen LogP) is 0.619. The summed E-state index contributed by atoms with van der Waals surface area (Å²) in [6.45, 7) is 1.70. The van der Waals surface area contributed by atoms with Crippen LogP contribution in [0.3, 0.4) is 0 Å². The van der Waals surface area contributed by atoms with Gasteiger partial charge in [0.15, 0.2) is 0 Å². The van der Waals surface area contributed by atoms with E-state index in [9.17, 15) is 5.11 Å². The second-order valence-corrected chi connectivity index (χ2v) is 4.42. The van der Waals surface area contributed by atoms with E-state index in [1.807, 2.05) is 13.2 Å². The molecule has 1 aliphatic rings. The molecule has 0 radical (unpaired) electrons. The van der Waals surface area contributed by atoms with E-state index in [1.165, 1.54) is 12.8 Å². The van der Waals surface area contributed by atoms with E-state index < -0.39 is 6.10 Å². The molecular weight excluding hydrogens is 206 g/mol. The van der Waals surface area contributed by atoms with Gasteiger partial charge in [-0.1, -0.05) is 0 Å². The van der Waals surface area contributed by atoms with E-state index in [-0.39, 0.29) is 0 Å². The van der Waals surface area contributed by atoms with Gasteiger partial charge in [0.2, 0.25) is 0 Å². The lowest BCUT2D eigenvalue weighted by atomic mass is 10.3. The molecule has 1 atom stereocenters. The quantitative estimate of drug-likeness (QED) is 0.714. The molecule has 1 fully saturated rings. The van der Waals surface area contributed by atoms with Crippen molar-refractivity contribution in [1.29, 1.82) is 0 Å². The monoisotopic (exact) mass is 225 g/mol. The molecule has 0 aromatic carbocycles. The summed E-state index contributed by atoms with van der Waals surface area (Å²) in [6, 6.07) is 0. The molecule has 1 heterocycles. The van der Waals surface area contributed by atoms with Crippen LogP contribution in [0, 0.1) is 5.92 Å². The van der Waals surface area contributed by atoms with Crippen molar-refractivity contribution in [2.75, 3.05) is 25.1 Å². The van der Waals surface area contributed by atoms with Crippen molar-refractivity contribution in [3.63, 3.8) is 0 Å². The van der Waals surface area contributed by atoms with Crippen molar-refractivity contribution in [2.45, 2.75) is 18.9 Å². The molecule has 0 bridgehead atoms. The molecule has 2 rings (SSSR count). The van der Waals surface area contributed by atoms with Crippen LogP contribution in [-0.2, 0) is 11.8 Å². The Morgan fingerprint density at radius 2 is 2.50 bits per heavy atom. The SMILES string of the molecule is Cn1cc(NCC(O)COCC2CC2)cn1. The van der Waals surface area contributed by atoms with Crippen molar-refractivity contribution in [1.82, 2.24) is 9.78 Å². The number of rotatable bonds is 7. The van der Waals surface area contributed by atoms with Crippen LogP contribution in [0.4, 0.5) is 5.69 Å². The number of nitrogens with one attached hydrogen (secondary N) is 1. The minimum absolute atomic E-state index is 0.407. The van der Waals surface area contributed by atoms with E-state index in [4.69, 9.17) is 4.74 Å². The Morgan fingerprint density at radius 3 is 3.12 bits per heavy atom. The van der Waals surface area contributed by atoms with Crippen LogP contribution < -0.4 is 5.32 Å². The molecule has 0 saturated heterocycles. The molecule has 5 heteroatoms. The van der Waals surface area contributed by atoms with Gasteiger partial charge in [-0.3, -0.25) is 4.68 Å². The van der Waals surface area contributed by atoms with Crippen molar-refractivity contribution >= 4 is 5.69 Å². The highest BCUT2D eigenvalue weighted by atomic mass is 16.5. The Balaban J connectivity index is 1.57. The first-order valence-corrected chi connectivity index (χ1v) is 5.72. The molecule has 2 N–H and O–H groups in total. The second-order valence-electron chi connectivity index (χ2n) is 4.42. The number of aryl methyl sites for hydroxylation is 1. The lowest BCUT2D eigenvalue weighted by Gasteiger charge is -2.11. The van der Waals surface area contributed by atoms with Crippen LogP contribution in [0.1, 0.15) is 12.8 Å². The van der Waals surface area contributed by atoms with Gasteiger partial charge in [-0.2, -0.15) is 5.10 Å². The van der Waals surface area contributed by atoms with E-state index in [0.717, 1.165) is 18.2 Å². The van der Waals surface area contributed by atoms with Gasteiger partial charge in [0.05, 0.1) is 24.6 Å². The fourth-order valence-electron chi connectivity index (χ4n) is 1.46. The Kier molecular flexibility index (Phi) is 3.79. The highest BCUT2D eigenvalue weighted by Crippen LogP contribution is 2.28. The Bertz CT molecular complexity index is 323. The van der Waals surface area contributed by atoms with E-state index >= 15 is 0 Å². The lowest BCUT2D eigenvalue weighted by molar-refractivity contribution is 0.0386. The maximum atomic E-state index is 9.64. The molecule has 16 heavy (non-hydrogen) atoms. The number of aromatic nitrogens is 2. The molecule has 1 aliphatic carbocycles. The number of ether oxygens (including phenoxy) is 1. The van der Waals surface area contributed by atoms with Crippen molar-refractivity contribution in [2.24, 2.45) is 13.0 Å². The molecule has 0 aliphatic heterocycles. The van der Waals surface area contributed by atoms with Gasteiger partial charge in [0, 0.05) is 26.4 Å². The number of hydrogen-bond acceptors (Lipinski definition) is 4. The van der Waals surface area contributed by atoms with E-state index in [2.05, 4.69) is 10.4 Å². The Hall–Kier alpha value is -1.07. The van der Waals surface area contributed by atoms with Gasteiger partial charge in [0.1, 0.15) is 0 Å². The molecule has 5 nitrogen and oxygen atoms in total. The Labute approximate surface area is 95.4 Å². The summed E-state index contributed by atoms with van der Waals surface area (Å²) >= 11 is 0. The molecule has 1 aromatic heterocycles. The first kappa shape index (κ1) is 11.4. The predicted molar refractivity (Wildman–Crippen MR) is 61.2 cm³/mol. The highest BCUT2D eigenvalue weighted by Gasteiger charge is 2.21. The van der Waals surface area contributed by atoms with Crippen LogP contribution in [0.5, 0.6) is 0 Å². The zero-order valence-electron chi connectivity index (χ0n) is 9.59. The number of aliphatic hydroxyl groups excluding tert-OH is 1. The van der Waals surface area contributed by atoms with Crippen molar-refractivity contribution < 1.29 is 9.84 Å². The average Bonchev–Trinajstić information content (AvgIpc) is 2.98. The van der Waals surface area contributed by atoms with Crippen LogP contribution in [0.25, 0.3) is 0 Å². The summed E-state index contributed by atoms with van der Waals surface area (Å²) in [4.78, 5) is 0. The molecule has 0 spiro atoms. The number of hydrogen-bond donors (Lipinski definition) is 2. The summed E-state index contributed by atoms with van der Waals surface area (Å²) in [5.74, 6) is 0.749. The fraction of sp³-hybridized carbons (Fsp3) is 0.727. The molecule has 0 amide bonds. The van der Waals surface area contributed by atoms with Crippen LogP contribution >= 0.6 is 0 Å². The second kappa shape index (κ2) is 5.32. The molecule has 1 unspecified atom stereocenters. The van der Waals surface area contributed by atoms with Crippen molar-refractivity contribution in [3.05, 3.63) is 12.4 Å². The first-order valence-electron chi connectivity index (χ1n) is 5.72. The number of anilines is 1. The minimum Gasteiger partial charge on any atom is -0.389 e. The zero-order chi connectivity index (χ0) is 11.4. The maximum Gasteiger partial charge on any atom is 0.0945 e. The maximum absolute atomic E-state index is 9.64. The number of aliphatic hydroxyl groups is 1. The smallest absolute Gasteiger partial charge is 0.0945 e. The van der Waals surface area contributed by atoms with Gasteiger partial charge in [-0.25, -0.2) is 0 Å². The van der Waals surface area contributed by atoms with Crippen LogP contribution in [0.2, 0.25) is 0 Å². The normalized spacial score (nSPS) is 17.4. The fourth-order valence-corrected chi connectivity index (χ4v) is 1.46. The minimum atomic E-state index is -0.459. The van der Waals surface area contributed by atoms with Crippen LogP contribution in [0.15, 0.2) is 12.4 Å². The summed E-state index contributed by atoms with van der Waals surface area (Å²) < 4.78 is 7.12. The average molecular weight is 225 g/mol. The number of nitrogens with zero attached hydrogens (tertiary/aromatic N) is 2.